The minimum Gasteiger partial charge on any atom is -0.497 e. The Morgan fingerprint density at radius 1 is 1.48 bits per heavy atom. The molecule has 0 aliphatic carbocycles. The lowest BCUT2D eigenvalue weighted by Crippen LogP contribution is -2.53. The largest absolute Gasteiger partial charge is 0.497 e. The van der Waals surface area contributed by atoms with Gasteiger partial charge in [0, 0.05) is 18.0 Å². The standard InChI is InChI=1S/C17H20N2O4/c1-22-13-4-2-11(3-5-13)16(21)18-19-9-12-8-14-6-7-17(12,23-14)15(19)10-20/h2-7,12,14-15,20H,8-10H2,1H3,(H,18,21)/t12-,14+,15+,17-/m0/s1. The number of rotatable bonds is 4. The number of nitrogens with zero attached hydrogens (tertiary/aromatic N) is 1. The van der Waals surface area contributed by atoms with Crippen molar-refractivity contribution in [1.29, 1.82) is 0 Å². The van der Waals surface area contributed by atoms with Gasteiger partial charge in [-0.1, -0.05) is 12.2 Å². The Morgan fingerprint density at radius 3 is 2.91 bits per heavy atom. The molecule has 6 nitrogen and oxygen atoms in total. The van der Waals surface area contributed by atoms with Gasteiger partial charge in [-0.05, 0) is 30.7 Å². The molecule has 122 valence electrons. The van der Waals surface area contributed by atoms with Crippen LogP contribution in [0.2, 0.25) is 0 Å². The third-order valence-electron chi connectivity index (χ3n) is 5.17. The van der Waals surface area contributed by atoms with Crippen LogP contribution in [0.15, 0.2) is 36.4 Å². The van der Waals surface area contributed by atoms with E-state index in [1.165, 1.54) is 0 Å². The summed E-state index contributed by atoms with van der Waals surface area (Å²) in [5, 5.41) is 11.6. The fourth-order valence-corrected chi connectivity index (χ4v) is 4.01. The molecule has 4 rings (SSSR count). The highest BCUT2D eigenvalue weighted by Gasteiger charge is 2.61. The second-order valence-corrected chi connectivity index (χ2v) is 6.32. The molecular formula is C17H20N2O4. The number of methoxy groups -OCH3 is 1. The van der Waals surface area contributed by atoms with Gasteiger partial charge >= 0.3 is 0 Å². The highest BCUT2D eigenvalue weighted by Crippen LogP contribution is 2.50. The maximum Gasteiger partial charge on any atom is 0.265 e. The Hall–Kier alpha value is -1.89. The summed E-state index contributed by atoms with van der Waals surface area (Å²) in [5.74, 6) is 0.826. The van der Waals surface area contributed by atoms with E-state index in [1.807, 2.05) is 5.01 Å². The van der Waals surface area contributed by atoms with E-state index in [1.54, 1.807) is 31.4 Å². The Kier molecular flexibility index (Phi) is 3.41. The fourth-order valence-electron chi connectivity index (χ4n) is 4.01. The quantitative estimate of drug-likeness (QED) is 0.802. The fraction of sp³-hybridized carbons (Fsp3) is 0.471. The van der Waals surface area contributed by atoms with E-state index in [0.717, 1.165) is 6.42 Å². The van der Waals surface area contributed by atoms with Crippen molar-refractivity contribution in [2.45, 2.75) is 24.2 Å². The summed E-state index contributed by atoms with van der Waals surface area (Å²) in [6.07, 6.45) is 5.23. The number of aliphatic hydroxyl groups excluding tert-OH is 1. The van der Waals surface area contributed by atoms with Crippen LogP contribution >= 0.6 is 0 Å². The molecule has 0 saturated carbocycles. The molecule has 1 aromatic carbocycles. The van der Waals surface area contributed by atoms with Crippen LogP contribution in [0, 0.1) is 5.92 Å². The average molecular weight is 316 g/mol. The monoisotopic (exact) mass is 316 g/mol. The van der Waals surface area contributed by atoms with Gasteiger partial charge in [-0.25, -0.2) is 5.01 Å². The van der Waals surface area contributed by atoms with Crippen molar-refractivity contribution >= 4 is 5.91 Å². The molecule has 1 spiro atoms. The topological polar surface area (TPSA) is 71.0 Å². The van der Waals surface area contributed by atoms with Gasteiger partial charge in [-0.2, -0.15) is 0 Å². The summed E-state index contributed by atoms with van der Waals surface area (Å²) in [6.45, 7) is 0.629. The van der Waals surface area contributed by atoms with Crippen LogP contribution in [0.3, 0.4) is 0 Å². The van der Waals surface area contributed by atoms with Gasteiger partial charge in [-0.3, -0.25) is 10.2 Å². The van der Waals surface area contributed by atoms with Crippen LogP contribution in [-0.2, 0) is 4.74 Å². The van der Waals surface area contributed by atoms with Crippen molar-refractivity contribution in [2.75, 3.05) is 20.3 Å². The van der Waals surface area contributed by atoms with Crippen LogP contribution in [0.25, 0.3) is 0 Å². The molecule has 0 radical (unpaired) electrons. The number of benzene rings is 1. The van der Waals surface area contributed by atoms with E-state index < -0.39 is 5.60 Å². The van der Waals surface area contributed by atoms with Gasteiger partial charge in [0.2, 0.25) is 0 Å². The van der Waals surface area contributed by atoms with Crippen molar-refractivity contribution in [3.05, 3.63) is 42.0 Å². The maximum atomic E-state index is 12.5. The lowest BCUT2D eigenvalue weighted by molar-refractivity contribution is -0.0363. The molecule has 0 unspecified atom stereocenters. The van der Waals surface area contributed by atoms with Crippen LogP contribution in [0.5, 0.6) is 5.75 Å². The molecule has 1 amide bonds. The second kappa shape index (κ2) is 5.33. The summed E-state index contributed by atoms with van der Waals surface area (Å²) in [4.78, 5) is 12.5. The van der Waals surface area contributed by atoms with E-state index in [4.69, 9.17) is 9.47 Å². The molecule has 3 aliphatic heterocycles. The first-order valence-corrected chi connectivity index (χ1v) is 7.86. The number of carbonyl (C=O) groups excluding carboxylic acids is 1. The highest BCUT2D eigenvalue weighted by molar-refractivity contribution is 5.94. The Labute approximate surface area is 134 Å². The first-order chi connectivity index (χ1) is 11.2. The molecule has 2 saturated heterocycles. The lowest BCUT2D eigenvalue weighted by Gasteiger charge is -2.32. The molecule has 2 N–H and O–H groups in total. The van der Waals surface area contributed by atoms with Gasteiger partial charge in [-0.15, -0.1) is 0 Å². The molecule has 3 aliphatic rings. The van der Waals surface area contributed by atoms with E-state index in [0.29, 0.717) is 23.8 Å². The number of hydrogen-bond donors (Lipinski definition) is 2. The van der Waals surface area contributed by atoms with Gasteiger partial charge in [0.1, 0.15) is 11.4 Å². The Balaban J connectivity index is 1.50. The normalized spacial score (nSPS) is 34.6. The van der Waals surface area contributed by atoms with Gasteiger partial charge in [0.05, 0.1) is 25.9 Å². The first-order valence-electron chi connectivity index (χ1n) is 7.86. The molecule has 4 atom stereocenters. The van der Waals surface area contributed by atoms with Crippen molar-refractivity contribution in [1.82, 2.24) is 10.4 Å². The van der Waals surface area contributed by atoms with E-state index in [2.05, 4.69) is 17.6 Å². The number of amides is 1. The lowest BCUT2D eigenvalue weighted by atomic mass is 9.82. The number of fused-ring (bicyclic) bond motifs is 1. The van der Waals surface area contributed by atoms with Crippen molar-refractivity contribution < 1.29 is 19.4 Å². The number of ether oxygens (including phenoxy) is 2. The molecule has 2 bridgehead atoms. The van der Waals surface area contributed by atoms with Crippen molar-refractivity contribution in [3.8, 4) is 5.75 Å². The molecule has 3 heterocycles. The van der Waals surface area contributed by atoms with Gasteiger partial charge in [0.15, 0.2) is 0 Å². The smallest absolute Gasteiger partial charge is 0.265 e. The third kappa shape index (κ3) is 2.17. The zero-order valence-electron chi connectivity index (χ0n) is 12.9. The summed E-state index contributed by atoms with van der Waals surface area (Å²) in [6, 6.07) is 6.70. The zero-order valence-corrected chi connectivity index (χ0v) is 12.9. The molecule has 23 heavy (non-hydrogen) atoms. The average Bonchev–Trinajstić information content (AvgIpc) is 3.21. The summed E-state index contributed by atoms with van der Waals surface area (Å²) in [5.41, 5.74) is 3.02. The number of nitrogens with one attached hydrogen (secondary N) is 1. The minimum absolute atomic E-state index is 0.0591. The van der Waals surface area contributed by atoms with Crippen LogP contribution in [-0.4, -0.2) is 54.0 Å². The van der Waals surface area contributed by atoms with Crippen LogP contribution in [0.1, 0.15) is 16.8 Å². The number of aliphatic hydroxyl groups is 1. The number of carbonyl (C=O) groups is 1. The van der Waals surface area contributed by atoms with Crippen LogP contribution < -0.4 is 10.2 Å². The third-order valence-corrected chi connectivity index (χ3v) is 5.17. The Bertz CT molecular complexity index is 644. The molecule has 1 aromatic rings. The summed E-state index contributed by atoms with van der Waals surface area (Å²) < 4.78 is 11.2. The Morgan fingerprint density at radius 2 is 2.26 bits per heavy atom. The van der Waals surface area contributed by atoms with Crippen LogP contribution in [0.4, 0.5) is 0 Å². The van der Waals surface area contributed by atoms with Crippen molar-refractivity contribution in [2.24, 2.45) is 5.92 Å². The first kappa shape index (κ1) is 14.7. The maximum absolute atomic E-state index is 12.5. The molecule has 2 fully saturated rings. The number of hydrazine groups is 1. The van der Waals surface area contributed by atoms with E-state index in [9.17, 15) is 9.90 Å². The summed E-state index contributed by atoms with van der Waals surface area (Å²) >= 11 is 0. The SMILES string of the molecule is COc1ccc(C(=O)NN2C[C@@H]3C[C@H]4C=C[C@@]3(O4)[C@H]2CO)cc1. The van der Waals surface area contributed by atoms with Crippen molar-refractivity contribution in [3.63, 3.8) is 0 Å². The predicted octanol–water partition coefficient (Wildman–Crippen LogP) is 0.730. The van der Waals surface area contributed by atoms with Gasteiger partial charge < -0.3 is 14.6 Å². The zero-order chi connectivity index (χ0) is 16.0. The molecule has 0 aromatic heterocycles. The molecule has 6 heteroatoms. The molecular weight excluding hydrogens is 296 g/mol. The predicted molar refractivity (Wildman–Crippen MR) is 82.9 cm³/mol. The van der Waals surface area contributed by atoms with E-state index >= 15 is 0 Å². The number of hydrogen-bond acceptors (Lipinski definition) is 5. The second-order valence-electron chi connectivity index (χ2n) is 6.32. The van der Waals surface area contributed by atoms with E-state index in [-0.39, 0.29) is 24.7 Å². The highest BCUT2D eigenvalue weighted by atomic mass is 16.5. The minimum atomic E-state index is -0.452. The van der Waals surface area contributed by atoms with Gasteiger partial charge in [0.25, 0.3) is 5.91 Å². The summed E-state index contributed by atoms with van der Waals surface area (Å²) in [7, 11) is 1.59.